The van der Waals surface area contributed by atoms with Gasteiger partial charge in [0.25, 0.3) is 0 Å². The van der Waals surface area contributed by atoms with Gasteiger partial charge in [-0.3, -0.25) is 0 Å². The van der Waals surface area contributed by atoms with Crippen molar-refractivity contribution >= 4 is 11.3 Å². The molecule has 1 saturated heterocycles. The lowest BCUT2D eigenvalue weighted by molar-refractivity contribution is -0.274. The van der Waals surface area contributed by atoms with Crippen LogP contribution in [-0.2, 0) is 0 Å². The summed E-state index contributed by atoms with van der Waals surface area (Å²) >= 11 is 0. The second-order valence-corrected chi connectivity index (χ2v) is 8.02. The summed E-state index contributed by atoms with van der Waals surface area (Å²) < 4.78 is 88.0. The van der Waals surface area contributed by atoms with Gasteiger partial charge in [0, 0.05) is 24.7 Å². The van der Waals surface area contributed by atoms with E-state index >= 15 is 8.78 Å². The molecule has 5 rings (SSSR count). The van der Waals surface area contributed by atoms with Gasteiger partial charge in [0.2, 0.25) is 11.8 Å². The Morgan fingerprint density at radius 2 is 1.87 bits per heavy atom. The van der Waals surface area contributed by atoms with Gasteiger partial charge in [-0.1, -0.05) is 0 Å². The number of hydrogen-bond acceptors (Lipinski definition) is 10. The number of imidazole rings is 1. The Balaban J connectivity index is 1.43. The van der Waals surface area contributed by atoms with Gasteiger partial charge in [0.1, 0.15) is 11.4 Å². The summed E-state index contributed by atoms with van der Waals surface area (Å²) in [4.78, 5) is 17.5. The lowest BCUT2D eigenvalue weighted by Gasteiger charge is -2.19. The van der Waals surface area contributed by atoms with Crippen molar-refractivity contribution in [3.63, 3.8) is 0 Å². The zero-order valence-corrected chi connectivity index (χ0v) is 19.7. The van der Waals surface area contributed by atoms with Gasteiger partial charge in [0.15, 0.2) is 11.8 Å². The van der Waals surface area contributed by atoms with Crippen LogP contribution in [0.5, 0.6) is 23.5 Å². The molecule has 1 aliphatic heterocycles. The maximum atomic E-state index is 15.0. The van der Waals surface area contributed by atoms with Crippen LogP contribution in [0.2, 0.25) is 0 Å². The van der Waals surface area contributed by atoms with Crippen molar-refractivity contribution in [2.45, 2.75) is 18.4 Å². The largest absolute Gasteiger partial charge is 0.573 e. The van der Waals surface area contributed by atoms with Crippen molar-refractivity contribution in [3.05, 3.63) is 43.0 Å². The number of nitrogens with zero attached hydrogens (tertiary/aromatic N) is 7. The fraction of sp³-hybridized carbons (Fsp3) is 0.318. The molecule has 0 spiro atoms. The molecule has 0 amide bonds. The molecule has 5 heterocycles. The first-order valence-corrected chi connectivity index (χ1v) is 10.9. The topological polar surface area (TPSA) is 109 Å². The number of methoxy groups -OCH3 is 2. The first kappa shape index (κ1) is 25.2. The smallest absolute Gasteiger partial charge is 0.480 e. The molecular weight excluding hydrogens is 521 g/mol. The van der Waals surface area contributed by atoms with Crippen LogP contribution < -0.4 is 23.8 Å². The quantitative estimate of drug-likeness (QED) is 0.324. The predicted octanol–water partition coefficient (Wildman–Crippen LogP) is 3.40. The summed E-state index contributed by atoms with van der Waals surface area (Å²) in [5, 5.41) is 4.46. The maximum Gasteiger partial charge on any atom is 0.573 e. The molecule has 0 radical (unpaired) electrons. The van der Waals surface area contributed by atoms with Crippen LogP contribution in [0.1, 0.15) is 0 Å². The fourth-order valence-corrected chi connectivity index (χ4v) is 3.88. The molecule has 0 bridgehead atoms. The van der Waals surface area contributed by atoms with E-state index < -0.39 is 30.7 Å². The lowest BCUT2D eigenvalue weighted by Crippen LogP contribution is -2.36. The number of hydrogen-bond donors (Lipinski definition) is 0. The van der Waals surface area contributed by atoms with E-state index in [4.69, 9.17) is 14.2 Å². The number of rotatable bonds is 7. The Kier molecular flexibility index (Phi) is 6.24. The van der Waals surface area contributed by atoms with Crippen LogP contribution in [-0.4, -0.2) is 75.2 Å². The monoisotopic (exact) mass is 539 g/mol. The summed E-state index contributed by atoms with van der Waals surface area (Å²) in [7, 11) is 2.80. The third kappa shape index (κ3) is 5.01. The van der Waals surface area contributed by atoms with Gasteiger partial charge < -0.3 is 23.8 Å². The minimum Gasteiger partial charge on any atom is -0.480 e. The summed E-state index contributed by atoms with van der Waals surface area (Å²) in [5.41, 5.74) is 1.34. The highest BCUT2D eigenvalue weighted by Crippen LogP contribution is 2.37. The molecule has 11 nitrogen and oxygen atoms in total. The Morgan fingerprint density at radius 1 is 1.05 bits per heavy atom. The highest BCUT2D eigenvalue weighted by molar-refractivity contribution is 5.76. The number of pyridine rings is 1. The Hall–Kier alpha value is -4.50. The molecule has 0 aromatic carbocycles. The van der Waals surface area contributed by atoms with Crippen molar-refractivity contribution in [3.8, 4) is 34.8 Å². The van der Waals surface area contributed by atoms with Gasteiger partial charge in [-0.15, -0.1) is 13.2 Å². The van der Waals surface area contributed by atoms with Crippen molar-refractivity contribution in [2.75, 3.05) is 32.2 Å². The van der Waals surface area contributed by atoms with E-state index in [0.29, 0.717) is 22.6 Å². The van der Waals surface area contributed by atoms with Crippen LogP contribution in [0, 0.1) is 0 Å². The second-order valence-electron chi connectivity index (χ2n) is 8.02. The van der Waals surface area contributed by atoms with E-state index in [9.17, 15) is 13.2 Å². The predicted molar refractivity (Wildman–Crippen MR) is 120 cm³/mol. The molecule has 1 unspecified atom stereocenters. The SMILES string of the molecule is COc1ncc(-c2cc(N3CC(Oc4ccc(OC(F)(F)F)cn4)C(F)(F)C3)c3nccn3n2)c(OC)n1. The first-order chi connectivity index (χ1) is 18.1. The minimum absolute atomic E-state index is 0.0697. The molecule has 0 saturated carbocycles. The molecule has 1 atom stereocenters. The van der Waals surface area contributed by atoms with Crippen LogP contribution in [0.3, 0.4) is 0 Å². The number of ether oxygens (including phenoxy) is 4. The average Bonchev–Trinajstić information content (AvgIpc) is 3.47. The Labute approximate surface area is 210 Å². The van der Waals surface area contributed by atoms with E-state index in [0.717, 1.165) is 18.3 Å². The van der Waals surface area contributed by atoms with E-state index in [1.807, 2.05) is 0 Å². The van der Waals surface area contributed by atoms with Crippen molar-refractivity contribution in [2.24, 2.45) is 0 Å². The molecule has 1 fully saturated rings. The average molecular weight is 539 g/mol. The molecular formula is C22H18F5N7O4. The zero-order valence-electron chi connectivity index (χ0n) is 19.7. The van der Waals surface area contributed by atoms with Crippen LogP contribution in [0.25, 0.3) is 16.9 Å². The normalized spacial score (nSPS) is 17.0. The first-order valence-electron chi connectivity index (χ1n) is 10.9. The van der Waals surface area contributed by atoms with E-state index in [1.54, 1.807) is 12.3 Å². The maximum absolute atomic E-state index is 15.0. The highest BCUT2D eigenvalue weighted by Gasteiger charge is 2.51. The number of fused-ring (bicyclic) bond motifs is 1. The molecule has 1 aliphatic rings. The molecule has 4 aromatic heterocycles. The van der Waals surface area contributed by atoms with Crippen LogP contribution in [0.4, 0.5) is 27.6 Å². The zero-order chi connectivity index (χ0) is 27.1. The molecule has 0 aliphatic carbocycles. The van der Waals surface area contributed by atoms with Crippen LogP contribution >= 0.6 is 0 Å². The number of alkyl halides is 5. The Bertz CT molecular complexity index is 1450. The molecule has 200 valence electrons. The van der Waals surface area contributed by atoms with E-state index in [-0.39, 0.29) is 24.3 Å². The van der Waals surface area contributed by atoms with Gasteiger partial charge in [-0.05, 0) is 12.1 Å². The summed E-state index contributed by atoms with van der Waals surface area (Å²) in [6, 6.07) is 3.57. The van der Waals surface area contributed by atoms with Gasteiger partial charge in [-0.25, -0.2) is 28.2 Å². The third-order valence-electron chi connectivity index (χ3n) is 5.53. The molecule has 38 heavy (non-hydrogen) atoms. The molecule has 0 N–H and O–H groups in total. The highest BCUT2D eigenvalue weighted by atomic mass is 19.4. The van der Waals surface area contributed by atoms with Gasteiger partial charge in [-0.2, -0.15) is 10.1 Å². The molecule has 4 aromatic rings. The van der Waals surface area contributed by atoms with E-state index in [2.05, 4.69) is 29.8 Å². The fourth-order valence-electron chi connectivity index (χ4n) is 3.88. The standard InChI is InChI=1S/C22H18F5N7O4/c1-35-19-13(9-30-20(31-19)36-2)14-7-15(18-28-5-6-34(18)32-14)33-10-16(21(23,24)11-33)37-17-4-3-12(8-29-17)38-22(25,26)27/h3-9,16H,10-11H2,1-2H3. The van der Waals surface area contributed by atoms with Crippen molar-refractivity contribution < 1.29 is 40.9 Å². The minimum atomic E-state index is -4.91. The summed E-state index contributed by atoms with van der Waals surface area (Å²) in [6.45, 7) is -1.01. The lowest BCUT2D eigenvalue weighted by atomic mass is 10.2. The summed E-state index contributed by atoms with van der Waals surface area (Å²) in [5.74, 6) is -4.07. The molecule has 16 heteroatoms. The van der Waals surface area contributed by atoms with Gasteiger partial charge in [0.05, 0.1) is 44.8 Å². The van der Waals surface area contributed by atoms with Crippen molar-refractivity contribution in [1.29, 1.82) is 0 Å². The number of halogens is 5. The third-order valence-corrected chi connectivity index (χ3v) is 5.53. The van der Waals surface area contributed by atoms with Crippen LogP contribution in [0.15, 0.2) is 43.0 Å². The number of anilines is 1. The summed E-state index contributed by atoms with van der Waals surface area (Å²) in [6.07, 6.45) is -1.38. The second kappa shape index (κ2) is 9.42. The number of aromatic nitrogens is 6. The Morgan fingerprint density at radius 3 is 2.55 bits per heavy atom. The van der Waals surface area contributed by atoms with E-state index in [1.165, 1.54) is 36.0 Å². The van der Waals surface area contributed by atoms with Crippen molar-refractivity contribution in [1.82, 2.24) is 29.5 Å². The van der Waals surface area contributed by atoms with Gasteiger partial charge >= 0.3 is 18.3 Å².